The quantitative estimate of drug-likeness (QED) is 0.709. The van der Waals surface area contributed by atoms with Gasteiger partial charge in [-0.1, -0.05) is 18.2 Å². The summed E-state index contributed by atoms with van der Waals surface area (Å²) >= 11 is 0. The van der Waals surface area contributed by atoms with Crippen LogP contribution >= 0.6 is 0 Å². The average molecular weight is 360 g/mol. The summed E-state index contributed by atoms with van der Waals surface area (Å²) in [6.07, 6.45) is -1.61. The molecule has 0 N–H and O–H groups in total. The van der Waals surface area contributed by atoms with E-state index in [2.05, 4.69) is 9.88 Å². The number of benzene rings is 1. The largest absolute Gasteiger partial charge is 0.416 e. The lowest BCUT2D eigenvalue weighted by molar-refractivity contribution is -0.137. The minimum Gasteiger partial charge on any atom is -0.316 e. The number of alkyl halides is 3. The van der Waals surface area contributed by atoms with Gasteiger partial charge in [-0.05, 0) is 36.7 Å². The van der Waals surface area contributed by atoms with Crippen LogP contribution in [0.3, 0.4) is 0 Å². The Morgan fingerprint density at radius 1 is 1.19 bits per heavy atom. The number of imidazole rings is 1. The molecule has 0 radical (unpaired) electrons. The second kappa shape index (κ2) is 6.39. The zero-order valence-corrected chi connectivity index (χ0v) is 14.4. The first-order valence-corrected chi connectivity index (χ1v) is 8.57. The Kier molecular flexibility index (Phi) is 4.19. The van der Waals surface area contributed by atoms with Crippen molar-refractivity contribution in [2.24, 2.45) is 7.05 Å². The van der Waals surface area contributed by atoms with Crippen LogP contribution in [0.15, 0.2) is 42.6 Å². The third-order valence-electron chi connectivity index (χ3n) is 4.96. The molecule has 1 saturated heterocycles. The summed E-state index contributed by atoms with van der Waals surface area (Å²) in [5.74, 6) is 1.25. The lowest BCUT2D eigenvalue weighted by Gasteiger charge is -2.17. The highest BCUT2D eigenvalue weighted by molar-refractivity contribution is 5.71. The number of nitrogens with zero attached hydrogens (tertiary/aromatic N) is 4. The molecule has 1 aromatic carbocycles. The molecule has 26 heavy (non-hydrogen) atoms. The smallest absolute Gasteiger partial charge is 0.316 e. The van der Waals surface area contributed by atoms with Crippen molar-refractivity contribution >= 4 is 11.2 Å². The summed E-state index contributed by atoms with van der Waals surface area (Å²) in [4.78, 5) is 11.3. The van der Waals surface area contributed by atoms with Gasteiger partial charge in [0.05, 0.1) is 5.56 Å². The Bertz CT molecular complexity index is 932. The minimum atomic E-state index is -4.30. The molecule has 4 rings (SSSR count). The molecular formula is C19H19F3N4. The average Bonchev–Trinajstić information content (AvgIpc) is 3.19. The van der Waals surface area contributed by atoms with E-state index in [1.165, 1.54) is 12.1 Å². The number of hydrogen-bond acceptors (Lipinski definition) is 3. The number of likely N-dealkylation sites (tertiary alicyclic amines) is 1. The van der Waals surface area contributed by atoms with Gasteiger partial charge in [0.2, 0.25) is 0 Å². The molecule has 0 amide bonds. The van der Waals surface area contributed by atoms with Crippen LogP contribution < -0.4 is 0 Å². The molecule has 1 fully saturated rings. The van der Waals surface area contributed by atoms with Crippen LogP contribution in [0, 0.1) is 0 Å². The number of pyridine rings is 1. The maximum atomic E-state index is 12.9. The molecule has 1 atom stereocenters. The van der Waals surface area contributed by atoms with Crippen molar-refractivity contribution in [2.45, 2.75) is 25.1 Å². The first-order valence-electron chi connectivity index (χ1n) is 8.57. The summed E-state index contributed by atoms with van der Waals surface area (Å²) in [7, 11) is 1.97. The van der Waals surface area contributed by atoms with Crippen molar-refractivity contribution < 1.29 is 13.2 Å². The lowest BCUT2D eigenvalue weighted by Crippen LogP contribution is -2.20. The van der Waals surface area contributed by atoms with Crippen LogP contribution in [-0.2, 0) is 19.8 Å². The molecule has 136 valence electrons. The van der Waals surface area contributed by atoms with E-state index in [9.17, 15) is 13.2 Å². The predicted octanol–water partition coefficient (Wildman–Crippen LogP) is 3.98. The monoisotopic (exact) mass is 360 g/mol. The summed E-state index contributed by atoms with van der Waals surface area (Å²) in [6.45, 7) is 2.15. The molecule has 3 heterocycles. The normalized spacial score (nSPS) is 18.7. The van der Waals surface area contributed by atoms with E-state index in [-0.39, 0.29) is 5.92 Å². The maximum Gasteiger partial charge on any atom is 0.416 e. The fourth-order valence-electron chi connectivity index (χ4n) is 3.70. The van der Waals surface area contributed by atoms with Crippen molar-refractivity contribution in [3.63, 3.8) is 0 Å². The van der Waals surface area contributed by atoms with Gasteiger partial charge in [0.1, 0.15) is 11.3 Å². The van der Waals surface area contributed by atoms with Gasteiger partial charge in [0, 0.05) is 32.3 Å². The third-order valence-corrected chi connectivity index (χ3v) is 4.96. The van der Waals surface area contributed by atoms with Gasteiger partial charge in [-0.2, -0.15) is 13.2 Å². The number of aryl methyl sites for hydroxylation is 1. The van der Waals surface area contributed by atoms with Crippen LogP contribution in [0.4, 0.5) is 13.2 Å². The SMILES string of the molecule is Cn1c(C2CCN(Cc3cccc(C(F)(F)F)c3)C2)nc2cccnc21. The van der Waals surface area contributed by atoms with Crippen LogP contribution in [0.25, 0.3) is 11.2 Å². The summed E-state index contributed by atoms with van der Waals surface area (Å²) in [6, 6.07) is 9.40. The number of fused-ring (bicyclic) bond motifs is 1. The zero-order valence-electron chi connectivity index (χ0n) is 14.4. The maximum absolute atomic E-state index is 12.9. The molecular weight excluding hydrogens is 341 g/mol. The van der Waals surface area contributed by atoms with Crippen LogP contribution in [0.5, 0.6) is 0 Å². The summed E-state index contributed by atoms with van der Waals surface area (Å²) in [5.41, 5.74) is 1.83. The van der Waals surface area contributed by atoms with E-state index < -0.39 is 11.7 Å². The highest BCUT2D eigenvalue weighted by Crippen LogP contribution is 2.32. The Labute approximate surface area is 149 Å². The Morgan fingerprint density at radius 2 is 2.04 bits per heavy atom. The van der Waals surface area contributed by atoms with Crippen LogP contribution in [0.2, 0.25) is 0 Å². The van der Waals surface area contributed by atoms with Crippen molar-refractivity contribution in [1.29, 1.82) is 0 Å². The second-order valence-corrected chi connectivity index (χ2v) is 6.79. The van der Waals surface area contributed by atoms with Gasteiger partial charge in [-0.15, -0.1) is 0 Å². The van der Waals surface area contributed by atoms with Gasteiger partial charge in [0.25, 0.3) is 0 Å². The molecule has 1 aliphatic rings. The Balaban J connectivity index is 1.49. The van der Waals surface area contributed by atoms with E-state index in [1.54, 1.807) is 12.3 Å². The van der Waals surface area contributed by atoms with E-state index in [4.69, 9.17) is 4.98 Å². The van der Waals surface area contributed by atoms with Crippen molar-refractivity contribution in [2.75, 3.05) is 13.1 Å². The highest BCUT2D eigenvalue weighted by Gasteiger charge is 2.31. The van der Waals surface area contributed by atoms with Crippen LogP contribution in [-0.4, -0.2) is 32.5 Å². The van der Waals surface area contributed by atoms with Gasteiger partial charge in [0.15, 0.2) is 5.65 Å². The molecule has 7 heteroatoms. The summed E-state index contributed by atoms with van der Waals surface area (Å²) in [5, 5.41) is 0. The van der Waals surface area contributed by atoms with Gasteiger partial charge in [-0.25, -0.2) is 9.97 Å². The fraction of sp³-hybridized carbons (Fsp3) is 0.368. The topological polar surface area (TPSA) is 34.0 Å². The van der Waals surface area contributed by atoms with Gasteiger partial charge < -0.3 is 4.57 Å². The number of aromatic nitrogens is 3. The standard InChI is InChI=1S/C19H19F3N4/c1-25-17(24-16-6-3-8-23-18(16)25)14-7-9-26(12-14)11-13-4-2-5-15(10-13)19(20,21)22/h2-6,8,10,14H,7,9,11-12H2,1H3. The van der Waals surface area contributed by atoms with Gasteiger partial charge >= 0.3 is 6.18 Å². The molecule has 1 unspecified atom stereocenters. The van der Waals surface area contributed by atoms with E-state index >= 15 is 0 Å². The van der Waals surface area contributed by atoms with Crippen molar-refractivity contribution in [3.8, 4) is 0 Å². The highest BCUT2D eigenvalue weighted by atomic mass is 19.4. The number of hydrogen-bond donors (Lipinski definition) is 0. The van der Waals surface area contributed by atoms with Gasteiger partial charge in [-0.3, -0.25) is 4.90 Å². The number of rotatable bonds is 3. The number of halogens is 3. The van der Waals surface area contributed by atoms with Crippen molar-refractivity contribution in [3.05, 3.63) is 59.5 Å². The first kappa shape index (κ1) is 17.0. The molecule has 3 aromatic rings. The molecule has 1 aliphatic heterocycles. The van der Waals surface area contributed by atoms with E-state index in [0.717, 1.165) is 42.6 Å². The van der Waals surface area contributed by atoms with Crippen LogP contribution in [0.1, 0.15) is 29.3 Å². The minimum absolute atomic E-state index is 0.264. The Morgan fingerprint density at radius 3 is 2.81 bits per heavy atom. The summed E-state index contributed by atoms with van der Waals surface area (Å²) < 4.78 is 40.7. The predicted molar refractivity (Wildman–Crippen MR) is 92.6 cm³/mol. The molecule has 4 nitrogen and oxygen atoms in total. The molecule has 0 bridgehead atoms. The first-order chi connectivity index (χ1) is 12.4. The fourth-order valence-corrected chi connectivity index (χ4v) is 3.70. The second-order valence-electron chi connectivity index (χ2n) is 6.79. The van der Waals surface area contributed by atoms with E-state index in [0.29, 0.717) is 12.1 Å². The lowest BCUT2D eigenvalue weighted by atomic mass is 10.1. The molecule has 0 saturated carbocycles. The molecule has 0 spiro atoms. The molecule has 0 aliphatic carbocycles. The zero-order chi connectivity index (χ0) is 18.3. The molecule has 2 aromatic heterocycles. The Hall–Kier alpha value is -2.41. The third kappa shape index (κ3) is 3.19. The van der Waals surface area contributed by atoms with Crippen molar-refractivity contribution in [1.82, 2.24) is 19.4 Å². The van der Waals surface area contributed by atoms with E-state index in [1.807, 2.05) is 23.7 Å².